The number of halogens is 1. The molecule has 146 valence electrons. The zero-order valence-electron chi connectivity index (χ0n) is 15.0. The lowest BCUT2D eigenvalue weighted by atomic mass is 9.91. The molecule has 0 saturated carbocycles. The van der Waals surface area contributed by atoms with Crippen molar-refractivity contribution in [3.63, 3.8) is 0 Å². The standard InChI is InChI=1S/C19H19FN4O4/c1-19-15(12-6-7-13-17(21)22-9-23-24(12)13)26-14(8-25)16(19)27-18(28-19)10-2-4-11(20)5-3-10/h2-7,9,14-16,18,25H,8H2,1H3,(H2,21,22,23)/t14-,15+,16-,18?,19+/m1/s1. The van der Waals surface area contributed by atoms with Gasteiger partial charge in [-0.15, -0.1) is 0 Å². The van der Waals surface area contributed by atoms with Gasteiger partial charge in [-0.1, -0.05) is 12.1 Å². The number of aliphatic hydroxyl groups excluding tert-OH is 1. The van der Waals surface area contributed by atoms with Crippen LogP contribution < -0.4 is 5.73 Å². The van der Waals surface area contributed by atoms with Gasteiger partial charge < -0.3 is 25.1 Å². The monoisotopic (exact) mass is 386 g/mol. The number of fused-ring (bicyclic) bond motifs is 2. The molecule has 5 atom stereocenters. The molecule has 1 unspecified atom stereocenters. The van der Waals surface area contributed by atoms with E-state index < -0.39 is 30.2 Å². The third kappa shape index (κ3) is 2.44. The van der Waals surface area contributed by atoms with Crippen molar-refractivity contribution in [2.45, 2.75) is 37.1 Å². The first kappa shape index (κ1) is 17.5. The number of benzene rings is 1. The zero-order valence-corrected chi connectivity index (χ0v) is 15.0. The van der Waals surface area contributed by atoms with Crippen LogP contribution in [0.4, 0.5) is 10.2 Å². The SMILES string of the molecule is C[C@@]12OC(c3ccc(F)cc3)O[C@@H]1[C@@H](CO)O[C@H]2c1ccc2c(N)ncnn12. The lowest BCUT2D eigenvalue weighted by Gasteiger charge is -2.27. The molecule has 2 aliphatic rings. The van der Waals surface area contributed by atoms with Gasteiger partial charge in [-0.2, -0.15) is 5.10 Å². The average molecular weight is 386 g/mol. The summed E-state index contributed by atoms with van der Waals surface area (Å²) in [6.07, 6.45) is -0.969. The van der Waals surface area contributed by atoms with E-state index in [2.05, 4.69) is 10.1 Å². The van der Waals surface area contributed by atoms with E-state index in [4.69, 9.17) is 19.9 Å². The fourth-order valence-electron chi connectivity index (χ4n) is 4.08. The quantitative estimate of drug-likeness (QED) is 0.707. The highest BCUT2D eigenvalue weighted by molar-refractivity contribution is 5.65. The van der Waals surface area contributed by atoms with E-state index in [1.54, 1.807) is 16.6 Å². The molecule has 2 saturated heterocycles. The summed E-state index contributed by atoms with van der Waals surface area (Å²) >= 11 is 0. The van der Waals surface area contributed by atoms with Crippen molar-refractivity contribution in [1.29, 1.82) is 0 Å². The lowest BCUT2D eigenvalue weighted by Crippen LogP contribution is -2.40. The summed E-state index contributed by atoms with van der Waals surface area (Å²) in [6.45, 7) is 1.65. The summed E-state index contributed by atoms with van der Waals surface area (Å²) in [6, 6.07) is 9.61. The number of nitrogens with zero attached hydrogens (tertiary/aromatic N) is 3. The Morgan fingerprint density at radius 1 is 1.21 bits per heavy atom. The molecule has 1 aromatic carbocycles. The van der Waals surface area contributed by atoms with Crippen LogP contribution in [0.15, 0.2) is 42.7 Å². The molecule has 0 amide bonds. The van der Waals surface area contributed by atoms with Crippen molar-refractivity contribution in [2.75, 3.05) is 12.3 Å². The molecule has 0 bridgehead atoms. The van der Waals surface area contributed by atoms with Crippen LogP contribution in [-0.4, -0.2) is 44.1 Å². The first-order chi connectivity index (χ1) is 13.5. The van der Waals surface area contributed by atoms with Gasteiger partial charge in [0.25, 0.3) is 0 Å². The van der Waals surface area contributed by atoms with Gasteiger partial charge in [0.1, 0.15) is 41.6 Å². The minimum absolute atomic E-state index is 0.226. The van der Waals surface area contributed by atoms with Crippen LogP contribution >= 0.6 is 0 Å². The van der Waals surface area contributed by atoms with Gasteiger partial charge >= 0.3 is 0 Å². The largest absolute Gasteiger partial charge is 0.394 e. The lowest BCUT2D eigenvalue weighted by molar-refractivity contribution is -0.158. The summed E-state index contributed by atoms with van der Waals surface area (Å²) in [7, 11) is 0. The Hall–Kier alpha value is -2.59. The van der Waals surface area contributed by atoms with E-state index in [1.165, 1.54) is 18.5 Å². The highest BCUT2D eigenvalue weighted by Gasteiger charge is 2.62. The van der Waals surface area contributed by atoms with Gasteiger partial charge in [-0.25, -0.2) is 13.9 Å². The molecule has 0 radical (unpaired) electrons. The number of hydrogen-bond donors (Lipinski definition) is 2. The number of anilines is 1. The maximum atomic E-state index is 13.3. The van der Waals surface area contributed by atoms with E-state index in [-0.39, 0.29) is 12.4 Å². The molecule has 3 aromatic rings. The molecule has 0 spiro atoms. The molecule has 2 aliphatic heterocycles. The molecule has 4 heterocycles. The third-order valence-corrected chi connectivity index (χ3v) is 5.47. The van der Waals surface area contributed by atoms with E-state index in [0.29, 0.717) is 16.9 Å². The average Bonchev–Trinajstić information content (AvgIpc) is 3.33. The van der Waals surface area contributed by atoms with Crippen molar-refractivity contribution in [3.8, 4) is 0 Å². The predicted octanol–water partition coefficient (Wildman–Crippen LogP) is 1.76. The summed E-state index contributed by atoms with van der Waals surface area (Å²) < 4.78 is 33.4. The highest BCUT2D eigenvalue weighted by Crippen LogP contribution is 2.53. The van der Waals surface area contributed by atoms with Crippen molar-refractivity contribution >= 4 is 11.3 Å². The number of aromatic nitrogens is 3. The highest BCUT2D eigenvalue weighted by atomic mass is 19.1. The van der Waals surface area contributed by atoms with Gasteiger partial charge in [-0.3, -0.25) is 0 Å². The molecule has 0 aliphatic carbocycles. The fraction of sp³-hybridized carbons (Fsp3) is 0.368. The Morgan fingerprint density at radius 2 is 2.00 bits per heavy atom. The minimum Gasteiger partial charge on any atom is -0.394 e. The molecule has 2 fully saturated rings. The first-order valence-corrected chi connectivity index (χ1v) is 8.94. The predicted molar refractivity (Wildman–Crippen MR) is 95.6 cm³/mol. The number of aliphatic hydroxyl groups is 1. The summed E-state index contributed by atoms with van der Waals surface area (Å²) in [5, 5.41) is 14.1. The van der Waals surface area contributed by atoms with E-state index >= 15 is 0 Å². The van der Waals surface area contributed by atoms with Crippen LogP contribution in [0, 0.1) is 5.82 Å². The summed E-state index contributed by atoms with van der Waals surface area (Å²) in [5.74, 6) is 0.0203. The van der Waals surface area contributed by atoms with E-state index in [0.717, 1.165) is 5.69 Å². The van der Waals surface area contributed by atoms with Crippen LogP contribution in [0.3, 0.4) is 0 Å². The second kappa shape index (κ2) is 6.21. The fourth-order valence-corrected chi connectivity index (χ4v) is 4.08. The summed E-state index contributed by atoms with van der Waals surface area (Å²) in [4.78, 5) is 4.00. The number of hydrogen-bond acceptors (Lipinski definition) is 7. The second-order valence-corrected chi connectivity index (χ2v) is 7.18. The normalized spacial score (nSPS) is 32.1. The Labute approximate surface area is 159 Å². The Balaban J connectivity index is 1.54. The molecule has 9 heteroatoms. The van der Waals surface area contributed by atoms with Crippen LogP contribution in [0.5, 0.6) is 0 Å². The van der Waals surface area contributed by atoms with Gasteiger partial charge in [0, 0.05) is 5.56 Å². The Bertz CT molecular complexity index is 1030. The van der Waals surface area contributed by atoms with Crippen molar-refractivity contribution in [2.24, 2.45) is 0 Å². The van der Waals surface area contributed by atoms with Crippen LogP contribution in [0.1, 0.15) is 30.6 Å². The molecule has 3 N–H and O–H groups in total. The molecular weight excluding hydrogens is 367 g/mol. The van der Waals surface area contributed by atoms with Gasteiger partial charge in [0.05, 0.1) is 12.3 Å². The molecular formula is C19H19FN4O4. The van der Waals surface area contributed by atoms with E-state index in [1.807, 2.05) is 19.1 Å². The smallest absolute Gasteiger partial charge is 0.185 e. The van der Waals surface area contributed by atoms with E-state index in [9.17, 15) is 9.50 Å². The Kier molecular flexibility index (Phi) is 3.88. The van der Waals surface area contributed by atoms with Gasteiger partial charge in [0.15, 0.2) is 12.1 Å². The maximum Gasteiger partial charge on any atom is 0.185 e. The second-order valence-electron chi connectivity index (χ2n) is 7.18. The van der Waals surface area contributed by atoms with Crippen molar-refractivity contribution < 1.29 is 23.7 Å². The topological polar surface area (TPSA) is 104 Å². The molecule has 8 nitrogen and oxygen atoms in total. The van der Waals surface area contributed by atoms with Crippen molar-refractivity contribution in [3.05, 3.63) is 59.8 Å². The number of nitrogens with two attached hydrogens (primary N) is 1. The Morgan fingerprint density at radius 3 is 2.75 bits per heavy atom. The number of nitrogen functional groups attached to an aromatic ring is 1. The van der Waals surface area contributed by atoms with Crippen LogP contribution in [-0.2, 0) is 14.2 Å². The summed E-state index contributed by atoms with van der Waals surface area (Å²) in [5.41, 5.74) is 7.11. The van der Waals surface area contributed by atoms with Crippen LogP contribution in [0.25, 0.3) is 5.52 Å². The van der Waals surface area contributed by atoms with Gasteiger partial charge in [0.2, 0.25) is 0 Å². The van der Waals surface area contributed by atoms with Crippen molar-refractivity contribution in [1.82, 2.24) is 14.6 Å². The zero-order chi connectivity index (χ0) is 19.5. The minimum atomic E-state index is -0.888. The van der Waals surface area contributed by atoms with Crippen LogP contribution in [0.2, 0.25) is 0 Å². The number of rotatable bonds is 3. The first-order valence-electron chi connectivity index (χ1n) is 8.94. The molecule has 5 rings (SSSR count). The molecule has 28 heavy (non-hydrogen) atoms. The maximum absolute atomic E-state index is 13.3. The third-order valence-electron chi connectivity index (χ3n) is 5.47. The van der Waals surface area contributed by atoms with Gasteiger partial charge in [-0.05, 0) is 31.2 Å². The number of ether oxygens (including phenoxy) is 3. The molecule has 2 aromatic heterocycles.